The Hall–Kier alpha value is -0.450. The van der Waals surface area contributed by atoms with Crippen molar-refractivity contribution in [2.75, 3.05) is 39.3 Å². The summed E-state index contributed by atoms with van der Waals surface area (Å²) in [5.41, 5.74) is 0. The fourth-order valence-electron chi connectivity index (χ4n) is 1.95. The molecular formula is C10H21N3O. The molecule has 0 aliphatic carbocycles. The number of likely N-dealkylation sites (N-methyl/N-ethyl adjacent to an activating group) is 1. The van der Waals surface area contributed by atoms with Gasteiger partial charge in [-0.1, -0.05) is 13.8 Å². The summed E-state index contributed by atoms with van der Waals surface area (Å²) in [6, 6.07) is 0. The molecule has 0 amide bonds. The molecule has 1 aliphatic rings. The van der Waals surface area contributed by atoms with Crippen molar-refractivity contribution >= 4 is 6.29 Å². The van der Waals surface area contributed by atoms with Gasteiger partial charge in [-0.2, -0.15) is 0 Å². The zero-order valence-electron chi connectivity index (χ0n) is 9.20. The van der Waals surface area contributed by atoms with E-state index in [4.69, 9.17) is 0 Å². The highest BCUT2D eigenvalue weighted by atomic mass is 16.1. The molecule has 0 radical (unpaired) electrons. The Kier molecular flexibility index (Phi) is 5.07. The predicted molar refractivity (Wildman–Crippen MR) is 57.2 cm³/mol. The zero-order valence-corrected chi connectivity index (χ0v) is 9.20. The molecular weight excluding hydrogens is 178 g/mol. The number of hydrogen-bond acceptors (Lipinski definition) is 4. The molecule has 1 fully saturated rings. The molecule has 1 aliphatic heterocycles. The number of carbonyl (C=O) groups is 1. The molecule has 0 aromatic heterocycles. The van der Waals surface area contributed by atoms with Crippen molar-refractivity contribution in [1.82, 2.24) is 15.1 Å². The molecule has 4 heteroatoms. The van der Waals surface area contributed by atoms with Crippen LogP contribution in [-0.4, -0.2) is 61.5 Å². The van der Waals surface area contributed by atoms with Gasteiger partial charge in [-0.15, -0.1) is 0 Å². The molecule has 1 heterocycles. The molecule has 1 unspecified atom stereocenters. The van der Waals surface area contributed by atoms with E-state index in [2.05, 4.69) is 29.0 Å². The molecule has 4 nitrogen and oxygen atoms in total. The van der Waals surface area contributed by atoms with E-state index in [0.29, 0.717) is 0 Å². The van der Waals surface area contributed by atoms with Crippen LogP contribution >= 0.6 is 0 Å². The highest BCUT2D eigenvalue weighted by Gasteiger charge is 2.23. The Labute approximate surface area is 86.2 Å². The first-order valence-corrected chi connectivity index (χ1v) is 5.47. The van der Waals surface area contributed by atoms with Gasteiger partial charge < -0.3 is 10.1 Å². The second kappa shape index (κ2) is 6.11. The van der Waals surface area contributed by atoms with Crippen LogP contribution in [0.3, 0.4) is 0 Å². The van der Waals surface area contributed by atoms with Gasteiger partial charge in [0.15, 0.2) is 6.29 Å². The quantitative estimate of drug-likeness (QED) is 0.620. The first-order chi connectivity index (χ1) is 6.83. The van der Waals surface area contributed by atoms with Crippen LogP contribution in [0.1, 0.15) is 13.8 Å². The molecule has 0 aromatic rings. The van der Waals surface area contributed by atoms with Gasteiger partial charge in [0.2, 0.25) is 0 Å². The minimum Gasteiger partial charge on any atom is -0.314 e. The number of nitrogens with one attached hydrogen (secondary N) is 1. The average Bonchev–Trinajstić information content (AvgIpc) is 2.27. The van der Waals surface area contributed by atoms with Crippen LogP contribution in [0.5, 0.6) is 0 Å². The molecule has 1 saturated heterocycles. The fourth-order valence-corrected chi connectivity index (χ4v) is 1.95. The topological polar surface area (TPSA) is 35.6 Å². The molecule has 1 atom stereocenters. The highest BCUT2D eigenvalue weighted by Crippen LogP contribution is 2.04. The van der Waals surface area contributed by atoms with Crippen molar-refractivity contribution in [2.24, 2.45) is 0 Å². The third-order valence-electron chi connectivity index (χ3n) is 2.83. The molecule has 82 valence electrons. The predicted octanol–water partition coefficient (Wildman–Crippen LogP) is -0.242. The van der Waals surface area contributed by atoms with Crippen molar-refractivity contribution in [3.05, 3.63) is 0 Å². The standard InChI is InChI=1S/C10H21N3O/c1-3-12(4-2)10(9-14)13-7-5-11-6-8-13/h9-11H,3-8H2,1-2H3. The minimum atomic E-state index is -0.0212. The Morgan fingerprint density at radius 3 is 2.36 bits per heavy atom. The van der Waals surface area contributed by atoms with Gasteiger partial charge in [0.1, 0.15) is 6.17 Å². The van der Waals surface area contributed by atoms with Crippen molar-refractivity contribution in [3.8, 4) is 0 Å². The maximum Gasteiger partial charge on any atom is 0.151 e. The van der Waals surface area contributed by atoms with Gasteiger partial charge >= 0.3 is 0 Å². The summed E-state index contributed by atoms with van der Waals surface area (Å²) >= 11 is 0. The van der Waals surface area contributed by atoms with E-state index in [0.717, 1.165) is 45.6 Å². The van der Waals surface area contributed by atoms with Crippen molar-refractivity contribution in [2.45, 2.75) is 20.0 Å². The molecule has 14 heavy (non-hydrogen) atoms. The number of aldehydes is 1. The van der Waals surface area contributed by atoms with Gasteiger partial charge in [-0.3, -0.25) is 9.80 Å². The summed E-state index contributed by atoms with van der Waals surface area (Å²) in [7, 11) is 0. The first-order valence-electron chi connectivity index (χ1n) is 5.47. The normalized spacial score (nSPS) is 21.1. The summed E-state index contributed by atoms with van der Waals surface area (Å²) in [6.07, 6.45) is 1.05. The van der Waals surface area contributed by atoms with E-state index in [1.807, 2.05) is 0 Å². The van der Waals surface area contributed by atoms with Crippen LogP contribution in [0.4, 0.5) is 0 Å². The summed E-state index contributed by atoms with van der Waals surface area (Å²) in [5, 5.41) is 3.29. The number of carbonyl (C=O) groups excluding carboxylic acids is 1. The summed E-state index contributed by atoms with van der Waals surface area (Å²) in [4.78, 5) is 15.5. The van der Waals surface area contributed by atoms with Crippen LogP contribution in [0, 0.1) is 0 Å². The summed E-state index contributed by atoms with van der Waals surface area (Å²) in [5.74, 6) is 0. The van der Waals surface area contributed by atoms with Crippen LogP contribution in [0.2, 0.25) is 0 Å². The van der Waals surface area contributed by atoms with Gasteiger partial charge in [-0.05, 0) is 13.1 Å². The van der Waals surface area contributed by atoms with E-state index < -0.39 is 0 Å². The Morgan fingerprint density at radius 2 is 1.93 bits per heavy atom. The third-order valence-corrected chi connectivity index (χ3v) is 2.83. The number of rotatable bonds is 5. The molecule has 0 spiro atoms. The van der Waals surface area contributed by atoms with Crippen LogP contribution in [0.15, 0.2) is 0 Å². The van der Waals surface area contributed by atoms with Gasteiger partial charge in [0, 0.05) is 26.2 Å². The fraction of sp³-hybridized carbons (Fsp3) is 0.900. The van der Waals surface area contributed by atoms with Crippen LogP contribution in [-0.2, 0) is 4.79 Å². The van der Waals surface area contributed by atoms with Gasteiger partial charge in [0.05, 0.1) is 0 Å². The van der Waals surface area contributed by atoms with E-state index in [9.17, 15) is 4.79 Å². The number of piperazine rings is 1. The van der Waals surface area contributed by atoms with Crippen molar-refractivity contribution in [3.63, 3.8) is 0 Å². The largest absolute Gasteiger partial charge is 0.314 e. The Bertz CT molecular complexity index is 165. The van der Waals surface area contributed by atoms with Gasteiger partial charge in [0.25, 0.3) is 0 Å². The van der Waals surface area contributed by atoms with Crippen LogP contribution in [0.25, 0.3) is 0 Å². The molecule has 1 rings (SSSR count). The van der Waals surface area contributed by atoms with Crippen molar-refractivity contribution in [1.29, 1.82) is 0 Å². The monoisotopic (exact) mass is 199 g/mol. The second-order valence-corrected chi connectivity index (χ2v) is 3.56. The van der Waals surface area contributed by atoms with Crippen molar-refractivity contribution < 1.29 is 4.79 Å². The lowest BCUT2D eigenvalue weighted by molar-refractivity contribution is -0.119. The van der Waals surface area contributed by atoms with E-state index in [-0.39, 0.29) is 6.17 Å². The first kappa shape index (κ1) is 11.6. The lowest BCUT2D eigenvalue weighted by atomic mass is 10.3. The second-order valence-electron chi connectivity index (χ2n) is 3.56. The number of nitrogens with zero attached hydrogens (tertiary/aromatic N) is 2. The van der Waals surface area contributed by atoms with E-state index >= 15 is 0 Å². The minimum absolute atomic E-state index is 0.0212. The molecule has 0 saturated carbocycles. The number of hydrogen-bond donors (Lipinski definition) is 1. The average molecular weight is 199 g/mol. The van der Waals surface area contributed by atoms with E-state index in [1.54, 1.807) is 0 Å². The third kappa shape index (κ3) is 2.77. The summed E-state index contributed by atoms with van der Waals surface area (Å²) in [6.45, 7) is 10.00. The maximum absolute atomic E-state index is 11.1. The lowest BCUT2D eigenvalue weighted by Crippen LogP contribution is -2.55. The molecule has 0 aromatic carbocycles. The molecule has 1 N–H and O–H groups in total. The highest BCUT2D eigenvalue weighted by molar-refractivity contribution is 5.57. The van der Waals surface area contributed by atoms with Gasteiger partial charge in [-0.25, -0.2) is 0 Å². The lowest BCUT2D eigenvalue weighted by Gasteiger charge is -2.37. The summed E-state index contributed by atoms with van der Waals surface area (Å²) < 4.78 is 0. The Morgan fingerprint density at radius 1 is 1.36 bits per heavy atom. The van der Waals surface area contributed by atoms with E-state index in [1.165, 1.54) is 0 Å². The SMILES string of the molecule is CCN(CC)C(C=O)N1CCNCC1. The maximum atomic E-state index is 11.1. The van der Waals surface area contributed by atoms with Crippen LogP contribution < -0.4 is 5.32 Å². The molecule has 0 bridgehead atoms. The Balaban J connectivity index is 2.53. The smallest absolute Gasteiger partial charge is 0.151 e. The zero-order chi connectivity index (χ0) is 10.4.